The van der Waals surface area contributed by atoms with E-state index in [-0.39, 0.29) is 23.9 Å². The molecular formula is C16H23Cl2N3O2. The van der Waals surface area contributed by atoms with Crippen molar-refractivity contribution in [1.82, 2.24) is 10.2 Å². The van der Waals surface area contributed by atoms with Crippen molar-refractivity contribution >= 4 is 40.7 Å². The van der Waals surface area contributed by atoms with Crippen LogP contribution in [0.4, 0.5) is 5.69 Å². The summed E-state index contributed by atoms with van der Waals surface area (Å²) in [6, 6.07) is 4.35. The smallest absolute Gasteiger partial charge is 0.241 e. The minimum atomic E-state index is -0.493. The first-order chi connectivity index (χ1) is 10.5. The number of rotatable bonds is 5. The van der Waals surface area contributed by atoms with Crippen LogP contribution in [0.5, 0.6) is 0 Å². The monoisotopic (exact) mass is 359 g/mol. The van der Waals surface area contributed by atoms with E-state index in [0.717, 1.165) is 0 Å². The van der Waals surface area contributed by atoms with Crippen molar-refractivity contribution < 1.29 is 9.59 Å². The molecule has 0 radical (unpaired) electrons. The summed E-state index contributed by atoms with van der Waals surface area (Å²) in [7, 11) is 1.72. The largest absolute Gasteiger partial charge is 0.350 e. The number of benzene rings is 1. The predicted octanol–water partition coefficient (Wildman–Crippen LogP) is 3.17. The van der Waals surface area contributed by atoms with Gasteiger partial charge < -0.3 is 10.6 Å². The van der Waals surface area contributed by atoms with Gasteiger partial charge in [0.1, 0.15) is 0 Å². The van der Waals surface area contributed by atoms with Crippen LogP contribution in [0, 0.1) is 0 Å². The minimum Gasteiger partial charge on any atom is -0.350 e. The third kappa shape index (κ3) is 6.77. The van der Waals surface area contributed by atoms with Crippen molar-refractivity contribution in [2.24, 2.45) is 0 Å². The Kier molecular flexibility index (Phi) is 6.86. The molecule has 0 unspecified atom stereocenters. The first-order valence-electron chi connectivity index (χ1n) is 7.27. The van der Waals surface area contributed by atoms with E-state index in [1.54, 1.807) is 37.1 Å². The van der Waals surface area contributed by atoms with Gasteiger partial charge in [-0.25, -0.2) is 0 Å². The molecule has 0 aromatic heterocycles. The van der Waals surface area contributed by atoms with Crippen LogP contribution in [0.2, 0.25) is 10.0 Å². The van der Waals surface area contributed by atoms with Crippen molar-refractivity contribution in [3.05, 3.63) is 28.2 Å². The van der Waals surface area contributed by atoms with E-state index < -0.39 is 6.04 Å². The molecule has 0 aliphatic heterocycles. The molecule has 1 rings (SSSR count). The molecule has 1 atom stereocenters. The lowest BCUT2D eigenvalue weighted by Crippen LogP contribution is -2.49. The second-order valence-corrected chi connectivity index (χ2v) is 7.35. The van der Waals surface area contributed by atoms with Gasteiger partial charge in [-0.05, 0) is 52.9 Å². The molecule has 5 nitrogen and oxygen atoms in total. The van der Waals surface area contributed by atoms with E-state index in [0.29, 0.717) is 15.7 Å². The lowest BCUT2D eigenvalue weighted by Gasteiger charge is -2.26. The van der Waals surface area contributed by atoms with Crippen LogP contribution in [0.15, 0.2) is 18.2 Å². The summed E-state index contributed by atoms with van der Waals surface area (Å²) in [5, 5.41) is 6.46. The van der Waals surface area contributed by atoms with Crippen LogP contribution < -0.4 is 10.6 Å². The van der Waals surface area contributed by atoms with Gasteiger partial charge >= 0.3 is 0 Å². The van der Waals surface area contributed by atoms with Gasteiger partial charge in [0.25, 0.3) is 0 Å². The maximum absolute atomic E-state index is 12.3. The number of amides is 2. The molecule has 0 saturated carbocycles. The molecule has 23 heavy (non-hydrogen) atoms. The van der Waals surface area contributed by atoms with Crippen LogP contribution in [0.1, 0.15) is 27.7 Å². The molecule has 2 amide bonds. The number of carbonyl (C=O) groups excluding carboxylic acids is 2. The van der Waals surface area contributed by atoms with E-state index in [4.69, 9.17) is 23.2 Å². The van der Waals surface area contributed by atoms with Gasteiger partial charge in [-0.3, -0.25) is 14.5 Å². The van der Waals surface area contributed by atoms with E-state index in [1.165, 1.54) is 0 Å². The maximum Gasteiger partial charge on any atom is 0.241 e. The number of likely N-dealkylation sites (N-methyl/N-ethyl adjacent to an activating group) is 1. The number of nitrogens with one attached hydrogen (secondary N) is 2. The summed E-state index contributed by atoms with van der Waals surface area (Å²) in [4.78, 5) is 25.9. The number of hydrogen-bond donors (Lipinski definition) is 2. The normalized spacial score (nSPS) is 12.9. The van der Waals surface area contributed by atoms with Gasteiger partial charge in [0.15, 0.2) is 0 Å². The summed E-state index contributed by atoms with van der Waals surface area (Å²) >= 11 is 11.9. The summed E-state index contributed by atoms with van der Waals surface area (Å²) in [5.41, 5.74) is 0.181. The molecule has 1 aromatic rings. The molecule has 0 saturated heterocycles. The second-order valence-electron chi connectivity index (χ2n) is 6.50. The van der Waals surface area contributed by atoms with Gasteiger partial charge in [-0.1, -0.05) is 23.2 Å². The summed E-state index contributed by atoms with van der Waals surface area (Å²) in [5.74, 6) is -0.385. The first kappa shape index (κ1) is 19.7. The van der Waals surface area contributed by atoms with E-state index in [1.807, 2.05) is 20.8 Å². The molecule has 0 aliphatic carbocycles. The summed E-state index contributed by atoms with van der Waals surface area (Å²) in [6.45, 7) is 7.57. The van der Waals surface area contributed by atoms with Crippen molar-refractivity contribution in [2.75, 3.05) is 18.9 Å². The van der Waals surface area contributed by atoms with E-state index in [2.05, 4.69) is 10.6 Å². The highest BCUT2D eigenvalue weighted by molar-refractivity contribution is 6.36. The molecular weight excluding hydrogens is 337 g/mol. The zero-order chi connectivity index (χ0) is 17.8. The Morgan fingerprint density at radius 2 is 1.87 bits per heavy atom. The van der Waals surface area contributed by atoms with Crippen molar-refractivity contribution in [3.63, 3.8) is 0 Å². The molecule has 128 valence electrons. The lowest BCUT2D eigenvalue weighted by molar-refractivity contribution is -0.125. The average molecular weight is 360 g/mol. The highest BCUT2D eigenvalue weighted by Crippen LogP contribution is 2.25. The first-order valence-corrected chi connectivity index (χ1v) is 8.02. The van der Waals surface area contributed by atoms with Crippen molar-refractivity contribution in [3.8, 4) is 0 Å². The Morgan fingerprint density at radius 1 is 1.26 bits per heavy atom. The van der Waals surface area contributed by atoms with Gasteiger partial charge in [0.05, 0.1) is 23.3 Å². The molecule has 7 heteroatoms. The van der Waals surface area contributed by atoms with Gasteiger partial charge in [-0.2, -0.15) is 0 Å². The lowest BCUT2D eigenvalue weighted by atomic mass is 10.1. The molecule has 0 bridgehead atoms. The molecule has 1 aromatic carbocycles. The Morgan fingerprint density at radius 3 is 2.39 bits per heavy atom. The van der Waals surface area contributed by atoms with Crippen molar-refractivity contribution in [1.29, 1.82) is 0 Å². The molecule has 0 fully saturated rings. The fourth-order valence-corrected chi connectivity index (χ4v) is 2.31. The molecule has 0 aliphatic rings. The predicted molar refractivity (Wildman–Crippen MR) is 95.1 cm³/mol. The summed E-state index contributed by atoms with van der Waals surface area (Å²) in [6.07, 6.45) is 0. The van der Waals surface area contributed by atoms with Crippen LogP contribution in [0.3, 0.4) is 0 Å². The number of halogens is 2. The third-order valence-corrected chi connectivity index (χ3v) is 3.68. The van der Waals surface area contributed by atoms with Gasteiger partial charge in [-0.15, -0.1) is 0 Å². The van der Waals surface area contributed by atoms with Crippen LogP contribution in [-0.2, 0) is 9.59 Å². The van der Waals surface area contributed by atoms with Crippen LogP contribution >= 0.6 is 23.2 Å². The Bertz CT molecular complexity index is 585. The fourth-order valence-electron chi connectivity index (χ4n) is 1.85. The second kappa shape index (κ2) is 7.99. The number of carbonyl (C=O) groups is 2. The highest BCUT2D eigenvalue weighted by atomic mass is 35.5. The van der Waals surface area contributed by atoms with Gasteiger partial charge in [0, 0.05) is 10.6 Å². The number of anilines is 1. The summed E-state index contributed by atoms with van der Waals surface area (Å²) < 4.78 is 0. The van der Waals surface area contributed by atoms with Crippen LogP contribution in [-0.4, -0.2) is 41.9 Å². The molecule has 0 spiro atoms. The van der Waals surface area contributed by atoms with Gasteiger partial charge in [0.2, 0.25) is 11.8 Å². The Labute approximate surface area is 147 Å². The Balaban J connectivity index is 2.63. The zero-order valence-electron chi connectivity index (χ0n) is 14.0. The SMILES string of the molecule is C[C@H](C(=O)Nc1ccc(Cl)cc1Cl)N(C)CC(=O)NC(C)(C)C. The number of hydrogen-bond acceptors (Lipinski definition) is 3. The minimum absolute atomic E-state index is 0.125. The standard InChI is InChI=1S/C16H23Cl2N3O2/c1-10(21(5)9-14(22)20-16(2,3)4)15(23)19-13-7-6-11(17)8-12(13)18/h6-8,10H,9H2,1-5H3,(H,19,23)(H,20,22)/t10-/m1/s1. The zero-order valence-corrected chi connectivity index (χ0v) is 15.5. The average Bonchev–Trinajstić information content (AvgIpc) is 2.38. The highest BCUT2D eigenvalue weighted by Gasteiger charge is 2.22. The van der Waals surface area contributed by atoms with E-state index in [9.17, 15) is 9.59 Å². The quantitative estimate of drug-likeness (QED) is 0.848. The molecule has 0 heterocycles. The van der Waals surface area contributed by atoms with Crippen LogP contribution in [0.25, 0.3) is 0 Å². The van der Waals surface area contributed by atoms with E-state index >= 15 is 0 Å². The Hall–Kier alpha value is -1.30. The topological polar surface area (TPSA) is 61.4 Å². The fraction of sp³-hybridized carbons (Fsp3) is 0.500. The molecule has 2 N–H and O–H groups in total. The number of nitrogens with zero attached hydrogens (tertiary/aromatic N) is 1. The maximum atomic E-state index is 12.3. The van der Waals surface area contributed by atoms with Crippen molar-refractivity contribution in [2.45, 2.75) is 39.3 Å². The third-order valence-electron chi connectivity index (χ3n) is 3.14.